The molecule has 29 heavy (non-hydrogen) atoms. The minimum atomic E-state index is -0.383. The zero-order valence-corrected chi connectivity index (χ0v) is 16.6. The number of anilines is 3. The van der Waals surface area contributed by atoms with Crippen LogP contribution in [0.25, 0.3) is 0 Å². The highest BCUT2D eigenvalue weighted by Gasteiger charge is 2.09. The number of carbonyl (C=O) groups excluding carboxylic acids is 1. The smallest absolute Gasteiger partial charge is 0.307 e. The second-order valence-electron chi connectivity index (χ2n) is 6.14. The normalized spacial score (nSPS) is 10.6. The average molecular weight is 413 g/mol. The second-order valence-corrected chi connectivity index (χ2v) is 7.31. The van der Waals surface area contributed by atoms with Gasteiger partial charge < -0.3 is 15.8 Å². The Bertz CT molecular complexity index is 968. The maximum atomic E-state index is 12.9. The molecule has 0 spiro atoms. The number of nitrogen functional groups attached to an aromatic ring is 1. The molecule has 0 aliphatic rings. The molecule has 0 atom stereocenters. The van der Waals surface area contributed by atoms with Crippen LogP contribution < -0.4 is 11.1 Å². The third-order valence-electron chi connectivity index (χ3n) is 3.76. The van der Waals surface area contributed by atoms with Crippen LogP contribution in [-0.4, -0.2) is 26.7 Å². The fourth-order valence-corrected chi connectivity index (χ4v) is 3.16. The predicted octanol–water partition coefficient (Wildman–Crippen LogP) is 3.87. The number of aromatic nitrogens is 3. The summed E-state index contributed by atoms with van der Waals surface area (Å²) in [5.74, 6) is 0.413. The monoisotopic (exact) mass is 413 g/mol. The second kappa shape index (κ2) is 9.83. The quantitative estimate of drug-likeness (QED) is 0.424. The zero-order valence-electron chi connectivity index (χ0n) is 15.8. The molecule has 0 radical (unpaired) electrons. The lowest BCUT2D eigenvalue weighted by Gasteiger charge is -2.08. The molecule has 3 rings (SSSR count). The van der Waals surface area contributed by atoms with Crippen LogP contribution in [-0.2, 0) is 16.1 Å². The Morgan fingerprint density at radius 3 is 2.55 bits per heavy atom. The molecule has 9 heteroatoms. The number of rotatable bonds is 8. The van der Waals surface area contributed by atoms with E-state index in [2.05, 4.69) is 20.3 Å². The Morgan fingerprint density at radius 1 is 1.10 bits per heavy atom. The topological polar surface area (TPSA) is 103 Å². The van der Waals surface area contributed by atoms with Gasteiger partial charge in [0, 0.05) is 16.3 Å². The van der Waals surface area contributed by atoms with Crippen LogP contribution >= 0.6 is 11.8 Å². The number of carbonyl (C=O) groups is 1. The fraction of sp³-hybridized carbons (Fsp3) is 0.200. The third-order valence-corrected chi connectivity index (χ3v) is 4.77. The summed E-state index contributed by atoms with van der Waals surface area (Å²) in [6, 6.07) is 13.8. The molecule has 3 N–H and O–H groups in total. The van der Waals surface area contributed by atoms with Gasteiger partial charge in [0.25, 0.3) is 0 Å². The van der Waals surface area contributed by atoms with Gasteiger partial charge in [-0.1, -0.05) is 17.7 Å². The molecule has 0 aliphatic heterocycles. The van der Waals surface area contributed by atoms with Gasteiger partial charge in [-0.2, -0.15) is 15.0 Å². The number of aryl methyl sites for hydroxylation is 1. The molecule has 1 aromatic heterocycles. The summed E-state index contributed by atoms with van der Waals surface area (Å²) >= 11 is 1.45. The molecule has 0 unspecified atom stereocenters. The number of benzene rings is 2. The Balaban J connectivity index is 1.49. The number of nitrogens with zero attached hydrogens (tertiary/aromatic N) is 3. The van der Waals surface area contributed by atoms with Crippen LogP contribution in [0.5, 0.6) is 0 Å². The highest BCUT2D eigenvalue weighted by molar-refractivity contribution is 7.99. The molecule has 0 amide bonds. The molecular formula is C20H20FN5O2S. The minimum absolute atomic E-state index is 0.0347. The van der Waals surface area contributed by atoms with E-state index in [1.807, 2.05) is 31.2 Å². The van der Waals surface area contributed by atoms with E-state index in [1.165, 1.54) is 23.9 Å². The Morgan fingerprint density at radius 2 is 1.83 bits per heavy atom. The van der Waals surface area contributed by atoms with E-state index in [0.717, 1.165) is 16.1 Å². The van der Waals surface area contributed by atoms with Gasteiger partial charge in [0.1, 0.15) is 5.82 Å². The van der Waals surface area contributed by atoms with Crippen molar-refractivity contribution in [2.75, 3.05) is 16.8 Å². The van der Waals surface area contributed by atoms with Crippen LogP contribution in [0, 0.1) is 12.7 Å². The van der Waals surface area contributed by atoms with Crippen LogP contribution in [0.3, 0.4) is 0 Å². The van der Waals surface area contributed by atoms with E-state index in [9.17, 15) is 9.18 Å². The largest absolute Gasteiger partial charge is 0.457 e. The number of hydrogen-bond acceptors (Lipinski definition) is 8. The van der Waals surface area contributed by atoms with E-state index in [-0.39, 0.29) is 42.5 Å². The summed E-state index contributed by atoms with van der Waals surface area (Å²) in [6.45, 7) is 1.89. The van der Waals surface area contributed by atoms with Crippen molar-refractivity contribution in [1.82, 2.24) is 15.0 Å². The van der Waals surface area contributed by atoms with Crippen LogP contribution in [0.4, 0.5) is 22.0 Å². The van der Waals surface area contributed by atoms with E-state index >= 15 is 0 Å². The van der Waals surface area contributed by atoms with Crippen molar-refractivity contribution in [1.29, 1.82) is 0 Å². The van der Waals surface area contributed by atoms with Crippen molar-refractivity contribution >= 4 is 35.3 Å². The van der Waals surface area contributed by atoms with Crippen molar-refractivity contribution in [3.8, 4) is 0 Å². The van der Waals surface area contributed by atoms with Crippen molar-refractivity contribution in [2.24, 2.45) is 0 Å². The molecule has 0 bridgehead atoms. The number of ether oxygens (including phenoxy) is 1. The Hall–Kier alpha value is -3.20. The molecule has 1 heterocycles. The number of thioether (sulfide) groups is 1. The van der Waals surface area contributed by atoms with Gasteiger partial charge in [-0.25, -0.2) is 4.39 Å². The van der Waals surface area contributed by atoms with Gasteiger partial charge in [-0.15, -0.1) is 11.8 Å². The summed E-state index contributed by atoms with van der Waals surface area (Å²) in [4.78, 5) is 25.1. The molecular weight excluding hydrogens is 393 g/mol. The molecule has 0 aliphatic carbocycles. The van der Waals surface area contributed by atoms with Crippen molar-refractivity contribution in [3.05, 3.63) is 65.7 Å². The van der Waals surface area contributed by atoms with Crippen molar-refractivity contribution in [3.63, 3.8) is 0 Å². The summed E-state index contributed by atoms with van der Waals surface area (Å²) < 4.78 is 18.1. The molecule has 0 saturated heterocycles. The molecule has 0 fully saturated rings. The average Bonchev–Trinajstić information content (AvgIpc) is 2.69. The van der Waals surface area contributed by atoms with E-state index in [4.69, 9.17) is 10.5 Å². The van der Waals surface area contributed by atoms with E-state index < -0.39 is 0 Å². The van der Waals surface area contributed by atoms with Crippen LogP contribution in [0.15, 0.2) is 53.4 Å². The van der Waals surface area contributed by atoms with Gasteiger partial charge >= 0.3 is 5.97 Å². The molecule has 2 aromatic carbocycles. The van der Waals surface area contributed by atoms with Gasteiger partial charge in [0.05, 0.1) is 6.42 Å². The molecule has 7 nitrogen and oxygen atoms in total. The number of esters is 1. The Labute approximate surface area is 171 Å². The summed E-state index contributed by atoms with van der Waals surface area (Å²) in [7, 11) is 0. The first-order chi connectivity index (χ1) is 14.0. The van der Waals surface area contributed by atoms with Gasteiger partial charge in [-0.3, -0.25) is 4.79 Å². The standard InChI is InChI=1S/C20H20FN5O2S/c1-13-2-6-15(7-3-13)23-20-25-17(24-19(22)26-20)12-28-18(27)10-11-29-16-8-4-14(21)5-9-16/h2-9H,10-12H2,1H3,(H3,22,23,24,25,26). The maximum absolute atomic E-state index is 12.9. The van der Waals surface area contributed by atoms with Crippen molar-refractivity contribution in [2.45, 2.75) is 24.8 Å². The third kappa shape index (κ3) is 6.72. The SMILES string of the molecule is Cc1ccc(Nc2nc(N)nc(COC(=O)CCSc3ccc(F)cc3)n2)cc1. The summed E-state index contributed by atoms with van der Waals surface area (Å²) in [6.07, 6.45) is 0.205. The summed E-state index contributed by atoms with van der Waals surface area (Å²) in [5.41, 5.74) is 7.67. The first kappa shape index (κ1) is 20.5. The van der Waals surface area contributed by atoms with E-state index in [1.54, 1.807) is 12.1 Å². The number of hydrogen-bond donors (Lipinski definition) is 2. The van der Waals surface area contributed by atoms with Crippen LogP contribution in [0.2, 0.25) is 0 Å². The minimum Gasteiger partial charge on any atom is -0.457 e. The highest BCUT2D eigenvalue weighted by atomic mass is 32.2. The lowest BCUT2D eigenvalue weighted by atomic mass is 10.2. The first-order valence-electron chi connectivity index (χ1n) is 8.86. The van der Waals surface area contributed by atoms with Crippen LogP contribution in [0.1, 0.15) is 17.8 Å². The lowest BCUT2D eigenvalue weighted by molar-refractivity contribution is -0.144. The van der Waals surface area contributed by atoms with Gasteiger partial charge in [0.15, 0.2) is 12.4 Å². The van der Waals surface area contributed by atoms with E-state index in [0.29, 0.717) is 5.75 Å². The maximum Gasteiger partial charge on any atom is 0.307 e. The molecule has 150 valence electrons. The molecule has 0 saturated carbocycles. The fourth-order valence-electron chi connectivity index (χ4n) is 2.32. The highest BCUT2D eigenvalue weighted by Crippen LogP contribution is 2.19. The Kier molecular flexibility index (Phi) is 6.96. The predicted molar refractivity (Wildman–Crippen MR) is 110 cm³/mol. The number of nitrogens with one attached hydrogen (secondary N) is 1. The lowest BCUT2D eigenvalue weighted by Crippen LogP contribution is -2.11. The number of halogens is 1. The number of nitrogens with two attached hydrogens (primary N) is 1. The van der Waals surface area contributed by atoms with Crippen molar-refractivity contribution < 1.29 is 13.9 Å². The first-order valence-corrected chi connectivity index (χ1v) is 9.84. The zero-order chi connectivity index (χ0) is 20.6. The van der Waals surface area contributed by atoms with Gasteiger partial charge in [0.2, 0.25) is 11.9 Å². The summed E-state index contributed by atoms with van der Waals surface area (Å²) in [5, 5.41) is 3.04. The van der Waals surface area contributed by atoms with Gasteiger partial charge in [-0.05, 0) is 43.3 Å². The molecule has 3 aromatic rings.